The first-order valence-electron chi connectivity index (χ1n) is 8.27. The van der Waals surface area contributed by atoms with Crippen LogP contribution in [-0.2, 0) is 9.59 Å². The van der Waals surface area contributed by atoms with Gasteiger partial charge in [-0.15, -0.1) is 0 Å². The van der Waals surface area contributed by atoms with Crippen LogP contribution in [0.2, 0.25) is 0 Å². The zero-order valence-electron chi connectivity index (χ0n) is 13.4. The van der Waals surface area contributed by atoms with Gasteiger partial charge in [-0.05, 0) is 31.1 Å². The summed E-state index contributed by atoms with van der Waals surface area (Å²) in [5.41, 5.74) is -1.17. The van der Waals surface area contributed by atoms with E-state index in [4.69, 9.17) is 0 Å². The minimum Gasteiger partial charge on any atom is -0.342 e. The van der Waals surface area contributed by atoms with E-state index in [-0.39, 0.29) is 27.3 Å². The van der Waals surface area contributed by atoms with Gasteiger partial charge in [-0.1, -0.05) is 49.5 Å². The predicted octanol–water partition coefficient (Wildman–Crippen LogP) is 3.55. The second-order valence-corrected chi connectivity index (χ2v) is 8.78. The van der Waals surface area contributed by atoms with Crippen molar-refractivity contribution in [1.29, 1.82) is 0 Å². The number of ketones is 1. The molecule has 2 bridgehead atoms. The monoisotopic (exact) mass is 355 g/mol. The highest BCUT2D eigenvalue weighted by Gasteiger charge is 2.77. The Morgan fingerprint density at radius 2 is 1.67 bits per heavy atom. The second kappa shape index (κ2) is 4.81. The van der Waals surface area contributed by atoms with E-state index in [1.807, 2.05) is 4.90 Å². The topological polar surface area (TPSA) is 37.4 Å². The molecule has 0 aromatic carbocycles. The highest BCUT2D eigenvalue weighted by Crippen LogP contribution is 2.72. The summed E-state index contributed by atoms with van der Waals surface area (Å²) in [6.45, 7) is 8.06. The first kappa shape index (κ1) is 15.5. The molecule has 1 heterocycles. The third-order valence-corrected chi connectivity index (χ3v) is 8.19. The summed E-state index contributed by atoms with van der Waals surface area (Å²) in [6.07, 6.45) is 6.32. The lowest BCUT2D eigenvalue weighted by molar-refractivity contribution is -0.147. The number of Topliss-reactive ketones (excluding diaryl/α,β-unsaturated/α-hetero) is 1. The standard InChI is InChI=1S/C17H26BrNO2/c1-15(2)16(3)8-9-17(15,12(18)13(16)20)14(21)19-10-6-4-5-7-11-19/h12H,4-11H2,1-3H3. The number of hydrogen-bond acceptors (Lipinski definition) is 2. The molecule has 1 saturated heterocycles. The maximum Gasteiger partial charge on any atom is 0.230 e. The van der Waals surface area contributed by atoms with Crippen molar-refractivity contribution in [1.82, 2.24) is 4.90 Å². The van der Waals surface area contributed by atoms with Gasteiger partial charge in [-0.2, -0.15) is 0 Å². The van der Waals surface area contributed by atoms with Crippen molar-refractivity contribution in [3.05, 3.63) is 0 Å². The molecular formula is C17H26BrNO2. The Hall–Kier alpha value is -0.380. The zero-order valence-corrected chi connectivity index (χ0v) is 15.0. The van der Waals surface area contributed by atoms with Crippen molar-refractivity contribution in [2.45, 2.75) is 64.1 Å². The summed E-state index contributed by atoms with van der Waals surface area (Å²) in [6, 6.07) is 0. The highest BCUT2D eigenvalue weighted by molar-refractivity contribution is 9.10. The van der Waals surface area contributed by atoms with Gasteiger partial charge in [0.1, 0.15) is 0 Å². The number of hydrogen-bond donors (Lipinski definition) is 0. The molecular weight excluding hydrogens is 330 g/mol. The Balaban J connectivity index is 1.99. The van der Waals surface area contributed by atoms with Crippen molar-refractivity contribution in [2.24, 2.45) is 16.2 Å². The van der Waals surface area contributed by atoms with Gasteiger partial charge in [-0.3, -0.25) is 9.59 Å². The predicted molar refractivity (Wildman–Crippen MR) is 86.3 cm³/mol. The number of likely N-dealkylation sites (tertiary alicyclic amines) is 1. The van der Waals surface area contributed by atoms with Crippen LogP contribution in [0.25, 0.3) is 0 Å². The van der Waals surface area contributed by atoms with Gasteiger partial charge in [0.15, 0.2) is 5.78 Å². The maximum atomic E-state index is 13.4. The van der Waals surface area contributed by atoms with Crippen LogP contribution in [0.3, 0.4) is 0 Å². The van der Waals surface area contributed by atoms with Crippen molar-refractivity contribution in [3.8, 4) is 0 Å². The van der Waals surface area contributed by atoms with Gasteiger partial charge in [0.2, 0.25) is 5.91 Å². The molecule has 3 atom stereocenters. The molecule has 21 heavy (non-hydrogen) atoms. The van der Waals surface area contributed by atoms with E-state index < -0.39 is 5.41 Å². The Morgan fingerprint density at radius 1 is 1.10 bits per heavy atom. The van der Waals surface area contributed by atoms with E-state index >= 15 is 0 Å². The number of fused-ring (bicyclic) bond motifs is 2. The number of amides is 1. The van der Waals surface area contributed by atoms with Crippen molar-refractivity contribution in [3.63, 3.8) is 0 Å². The molecule has 0 radical (unpaired) electrons. The molecule has 3 aliphatic rings. The number of rotatable bonds is 1. The fourth-order valence-electron chi connectivity index (χ4n) is 4.98. The highest BCUT2D eigenvalue weighted by atomic mass is 79.9. The van der Waals surface area contributed by atoms with E-state index in [9.17, 15) is 9.59 Å². The van der Waals surface area contributed by atoms with Gasteiger partial charge in [0.05, 0.1) is 10.2 Å². The summed E-state index contributed by atoms with van der Waals surface area (Å²) in [4.78, 5) is 27.9. The number of alkyl halides is 1. The number of halogens is 1. The van der Waals surface area contributed by atoms with E-state index in [0.29, 0.717) is 0 Å². The molecule has 3 nitrogen and oxygen atoms in total. The normalized spacial score (nSPS) is 42.2. The lowest BCUT2D eigenvalue weighted by Gasteiger charge is -2.42. The van der Waals surface area contributed by atoms with Crippen LogP contribution < -0.4 is 0 Å². The minimum absolute atomic E-state index is 0.228. The molecule has 3 unspecified atom stereocenters. The van der Waals surface area contributed by atoms with Crippen LogP contribution in [0.5, 0.6) is 0 Å². The van der Waals surface area contributed by atoms with E-state index in [0.717, 1.165) is 38.8 Å². The molecule has 0 aromatic heterocycles. The molecule has 0 spiro atoms. The van der Waals surface area contributed by atoms with Gasteiger partial charge in [0.25, 0.3) is 0 Å². The molecule has 118 valence electrons. The second-order valence-electron chi connectivity index (χ2n) is 7.86. The first-order valence-corrected chi connectivity index (χ1v) is 9.18. The summed E-state index contributed by atoms with van der Waals surface area (Å²) in [5, 5.41) is 0. The van der Waals surface area contributed by atoms with Crippen LogP contribution in [0.15, 0.2) is 0 Å². The number of nitrogens with zero attached hydrogens (tertiary/aromatic N) is 1. The average molecular weight is 356 g/mol. The van der Waals surface area contributed by atoms with Crippen LogP contribution in [-0.4, -0.2) is 34.5 Å². The van der Waals surface area contributed by atoms with Crippen molar-refractivity contribution in [2.75, 3.05) is 13.1 Å². The van der Waals surface area contributed by atoms with Crippen LogP contribution in [0, 0.1) is 16.2 Å². The summed E-state index contributed by atoms with van der Waals surface area (Å²) >= 11 is 3.62. The number of carbonyl (C=O) groups excluding carboxylic acids is 2. The maximum absolute atomic E-state index is 13.4. The number of carbonyl (C=O) groups is 2. The fourth-order valence-corrected chi connectivity index (χ4v) is 6.48. The van der Waals surface area contributed by atoms with Crippen molar-refractivity contribution < 1.29 is 9.59 Å². The third-order valence-electron chi connectivity index (χ3n) is 7.00. The average Bonchev–Trinajstić information content (AvgIpc) is 2.69. The van der Waals surface area contributed by atoms with Gasteiger partial charge >= 0.3 is 0 Å². The minimum atomic E-state index is -0.539. The van der Waals surface area contributed by atoms with Crippen LogP contribution in [0.4, 0.5) is 0 Å². The van der Waals surface area contributed by atoms with E-state index in [2.05, 4.69) is 36.7 Å². The zero-order chi connectivity index (χ0) is 15.5. The van der Waals surface area contributed by atoms with Crippen LogP contribution in [0.1, 0.15) is 59.3 Å². The molecule has 0 N–H and O–H groups in total. The summed E-state index contributed by atoms with van der Waals surface area (Å²) in [5.74, 6) is 0.466. The fraction of sp³-hybridized carbons (Fsp3) is 0.882. The smallest absolute Gasteiger partial charge is 0.230 e. The largest absolute Gasteiger partial charge is 0.342 e. The molecule has 3 fully saturated rings. The molecule has 2 saturated carbocycles. The summed E-state index contributed by atoms with van der Waals surface area (Å²) < 4.78 is 0. The molecule has 0 aromatic rings. The van der Waals surface area contributed by atoms with E-state index in [1.165, 1.54) is 12.8 Å². The Morgan fingerprint density at radius 3 is 2.14 bits per heavy atom. The Labute approximate surface area is 136 Å². The quantitative estimate of drug-likeness (QED) is 0.674. The molecule has 4 heteroatoms. The van der Waals surface area contributed by atoms with E-state index in [1.54, 1.807) is 0 Å². The molecule has 2 aliphatic carbocycles. The summed E-state index contributed by atoms with van der Waals surface area (Å²) in [7, 11) is 0. The molecule has 1 aliphatic heterocycles. The van der Waals surface area contributed by atoms with Crippen molar-refractivity contribution >= 4 is 27.6 Å². The van der Waals surface area contributed by atoms with Gasteiger partial charge in [-0.25, -0.2) is 0 Å². The molecule has 1 amide bonds. The third kappa shape index (κ3) is 1.71. The van der Waals surface area contributed by atoms with Gasteiger partial charge in [0, 0.05) is 18.5 Å². The Kier molecular flexibility index (Phi) is 3.55. The lowest BCUT2D eigenvalue weighted by atomic mass is 9.64. The van der Waals surface area contributed by atoms with Crippen LogP contribution >= 0.6 is 15.9 Å². The lowest BCUT2D eigenvalue weighted by Crippen LogP contribution is -2.52. The van der Waals surface area contributed by atoms with Gasteiger partial charge < -0.3 is 4.90 Å². The molecule has 3 rings (SSSR count). The SMILES string of the molecule is CC12CCC(C(=O)N3CCCCCC3)(C(Br)C1=O)C2(C)C. The Bertz CT molecular complexity index is 481. The first-order chi connectivity index (χ1) is 9.79.